The van der Waals surface area contributed by atoms with Crippen molar-refractivity contribution in [1.29, 1.82) is 0 Å². The van der Waals surface area contributed by atoms with Gasteiger partial charge in [-0.25, -0.2) is 4.79 Å². The molecule has 1 N–H and O–H groups in total. The van der Waals surface area contributed by atoms with E-state index in [1.165, 1.54) is 0 Å². The lowest BCUT2D eigenvalue weighted by Crippen LogP contribution is -1.98. The summed E-state index contributed by atoms with van der Waals surface area (Å²) in [5, 5.41) is 12.8. The van der Waals surface area contributed by atoms with E-state index in [1.807, 2.05) is 25.1 Å². The molecular weight excluding hydrogens is 274 g/mol. The number of benzene rings is 1. The molecule has 0 fully saturated rings. The van der Waals surface area contributed by atoms with Crippen molar-refractivity contribution in [2.45, 2.75) is 6.92 Å². The number of aryl methyl sites for hydroxylation is 1. The highest BCUT2D eigenvalue weighted by Crippen LogP contribution is 2.29. The number of carboxylic acid groups (broad SMARTS) is 1. The Labute approximate surface area is 100 Å². The summed E-state index contributed by atoms with van der Waals surface area (Å²) in [6.07, 6.45) is 0. The van der Waals surface area contributed by atoms with Gasteiger partial charge in [0.2, 0.25) is 4.67 Å². The summed E-state index contributed by atoms with van der Waals surface area (Å²) in [7, 11) is 0. The van der Waals surface area contributed by atoms with Crippen molar-refractivity contribution in [1.82, 2.24) is 5.16 Å². The van der Waals surface area contributed by atoms with Crippen molar-refractivity contribution in [3.8, 4) is 11.3 Å². The van der Waals surface area contributed by atoms with E-state index in [0.29, 0.717) is 5.69 Å². The van der Waals surface area contributed by atoms with Crippen LogP contribution >= 0.6 is 15.9 Å². The van der Waals surface area contributed by atoms with Crippen molar-refractivity contribution in [3.63, 3.8) is 0 Å². The fourth-order valence-electron chi connectivity index (χ4n) is 1.44. The lowest BCUT2D eigenvalue weighted by atomic mass is 10.1. The van der Waals surface area contributed by atoms with E-state index >= 15 is 0 Å². The summed E-state index contributed by atoms with van der Waals surface area (Å²) in [4.78, 5) is 11.0. The van der Waals surface area contributed by atoms with Crippen LogP contribution < -0.4 is 0 Å². The van der Waals surface area contributed by atoms with Gasteiger partial charge in [-0.3, -0.25) is 0 Å². The van der Waals surface area contributed by atoms with Crippen molar-refractivity contribution < 1.29 is 14.4 Å². The standard InChI is InChI=1S/C11H8BrNO3/c1-6-3-2-4-7(5-6)9-8(11(14)15)10(12)16-13-9/h2-5H,1H3,(H,14,15). The third-order valence-corrected chi connectivity index (χ3v) is 2.70. The lowest BCUT2D eigenvalue weighted by molar-refractivity contribution is 0.0695. The fourth-order valence-corrected chi connectivity index (χ4v) is 1.87. The third-order valence-electron chi connectivity index (χ3n) is 2.16. The summed E-state index contributed by atoms with van der Waals surface area (Å²) in [5.41, 5.74) is 2.15. The molecule has 0 bridgehead atoms. The van der Waals surface area contributed by atoms with Crippen LogP contribution in [0.4, 0.5) is 0 Å². The minimum absolute atomic E-state index is 0.0469. The molecule has 5 heteroatoms. The highest BCUT2D eigenvalue weighted by atomic mass is 79.9. The van der Waals surface area contributed by atoms with E-state index < -0.39 is 5.97 Å². The SMILES string of the molecule is Cc1cccc(-c2noc(Br)c2C(=O)O)c1. The number of nitrogens with zero attached hydrogens (tertiary/aromatic N) is 1. The zero-order valence-electron chi connectivity index (χ0n) is 8.40. The van der Waals surface area contributed by atoms with Gasteiger partial charge in [-0.15, -0.1) is 0 Å². The number of carbonyl (C=O) groups is 1. The molecule has 1 aromatic heterocycles. The number of hydrogen-bond donors (Lipinski definition) is 1. The molecule has 0 aliphatic rings. The maximum absolute atomic E-state index is 11.0. The second-order valence-corrected chi connectivity index (χ2v) is 4.07. The van der Waals surface area contributed by atoms with Crippen LogP contribution in [-0.4, -0.2) is 16.2 Å². The number of aromatic carboxylic acids is 1. The second kappa shape index (κ2) is 4.09. The monoisotopic (exact) mass is 281 g/mol. The van der Waals surface area contributed by atoms with Crippen LogP contribution in [-0.2, 0) is 0 Å². The Bertz CT molecular complexity index is 548. The van der Waals surface area contributed by atoms with Crippen LogP contribution in [0.2, 0.25) is 0 Å². The molecule has 1 heterocycles. The van der Waals surface area contributed by atoms with Gasteiger partial charge in [-0.1, -0.05) is 28.9 Å². The Morgan fingerprint density at radius 3 is 2.88 bits per heavy atom. The van der Waals surface area contributed by atoms with Gasteiger partial charge in [0.05, 0.1) is 0 Å². The Kier molecular flexibility index (Phi) is 2.78. The van der Waals surface area contributed by atoms with Crippen molar-refractivity contribution >= 4 is 21.9 Å². The predicted octanol–water partition coefficient (Wildman–Crippen LogP) is 3.11. The quantitative estimate of drug-likeness (QED) is 0.919. The molecule has 4 nitrogen and oxygen atoms in total. The molecular formula is C11H8BrNO3. The van der Waals surface area contributed by atoms with Crippen LogP contribution in [0.3, 0.4) is 0 Å². The van der Waals surface area contributed by atoms with Crippen molar-refractivity contribution in [2.24, 2.45) is 0 Å². The minimum atomic E-state index is -1.07. The van der Waals surface area contributed by atoms with Gasteiger partial charge < -0.3 is 9.63 Å². The maximum Gasteiger partial charge on any atom is 0.342 e. The minimum Gasteiger partial charge on any atom is -0.477 e. The smallest absolute Gasteiger partial charge is 0.342 e. The summed E-state index contributed by atoms with van der Waals surface area (Å²) in [6, 6.07) is 7.43. The van der Waals surface area contributed by atoms with Gasteiger partial charge >= 0.3 is 5.97 Å². The first-order valence-corrected chi connectivity index (χ1v) is 5.34. The molecule has 0 unspecified atom stereocenters. The van der Waals surface area contributed by atoms with Crippen molar-refractivity contribution in [3.05, 3.63) is 40.1 Å². The average Bonchev–Trinajstić information content (AvgIpc) is 2.60. The third kappa shape index (κ3) is 1.86. The number of aromatic nitrogens is 1. The Balaban J connectivity index is 2.60. The first-order chi connectivity index (χ1) is 7.59. The number of carboxylic acids is 1. The van der Waals surface area contributed by atoms with Crippen LogP contribution in [0, 0.1) is 6.92 Å². The van der Waals surface area contributed by atoms with E-state index in [9.17, 15) is 4.79 Å². The largest absolute Gasteiger partial charge is 0.477 e. The predicted molar refractivity (Wildman–Crippen MR) is 61.3 cm³/mol. The Morgan fingerprint density at radius 2 is 2.25 bits per heavy atom. The molecule has 1 aromatic carbocycles. The normalized spacial score (nSPS) is 10.4. The van der Waals surface area contributed by atoms with E-state index in [1.54, 1.807) is 6.07 Å². The molecule has 0 radical (unpaired) electrons. The molecule has 2 rings (SSSR count). The Morgan fingerprint density at radius 1 is 1.50 bits per heavy atom. The van der Waals surface area contributed by atoms with Crippen LogP contribution in [0.5, 0.6) is 0 Å². The summed E-state index contributed by atoms with van der Waals surface area (Å²) in [6.45, 7) is 1.93. The van der Waals surface area contributed by atoms with Crippen LogP contribution in [0.15, 0.2) is 33.5 Å². The number of rotatable bonds is 2. The number of halogens is 1. The summed E-state index contributed by atoms with van der Waals surface area (Å²) in [5.74, 6) is -1.07. The average molecular weight is 282 g/mol. The molecule has 0 saturated heterocycles. The molecule has 82 valence electrons. The number of hydrogen-bond acceptors (Lipinski definition) is 3. The van der Waals surface area contributed by atoms with E-state index in [2.05, 4.69) is 21.1 Å². The van der Waals surface area contributed by atoms with Gasteiger partial charge in [-0.2, -0.15) is 0 Å². The van der Waals surface area contributed by atoms with Crippen molar-refractivity contribution in [2.75, 3.05) is 0 Å². The highest BCUT2D eigenvalue weighted by molar-refractivity contribution is 9.10. The van der Waals surface area contributed by atoms with Crippen LogP contribution in [0.1, 0.15) is 15.9 Å². The molecule has 0 amide bonds. The van der Waals surface area contributed by atoms with Crippen LogP contribution in [0.25, 0.3) is 11.3 Å². The zero-order valence-corrected chi connectivity index (χ0v) is 9.98. The molecule has 0 aliphatic heterocycles. The highest BCUT2D eigenvalue weighted by Gasteiger charge is 2.21. The zero-order chi connectivity index (χ0) is 11.7. The Hall–Kier alpha value is -1.62. The van der Waals surface area contributed by atoms with Gasteiger partial charge in [0.25, 0.3) is 0 Å². The molecule has 0 saturated carbocycles. The summed E-state index contributed by atoms with van der Waals surface area (Å²) >= 11 is 3.02. The lowest BCUT2D eigenvalue weighted by Gasteiger charge is -1.99. The summed E-state index contributed by atoms with van der Waals surface area (Å²) < 4.78 is 4.97. The van der Waals surface area contributed by atoms with Gasteiger partial charge in [0.15, 0.2) is 0 Å². The second-order valence-electron chi connectivity index (χ2n) is 3.35. The van der Waals surface area contributed by atoms with E-state index in [-0.39, 0.29) is 10.2 Å². The first-order valence-electron chi connectivity index (χ1n) is 4.55. The topological polar surface area (TPSA) is 63.3 Å². The first kappa shape index (κ1) is 10.9. The van der Waals surface area contributed by atoms with Gasteiger partial charge in [0, 0.05) is 5.56 Å². The van der Waals surface area contributed by atoms with E-state index in [4.69, 9.17) is 9.63 Å². The van der Waals surface area contributed by atoms with E-state index in [0.717, 1.165) is 11.1 Å². The van der Waals surface area contributed by atoms with Gasteiger partial charge in [-0.05, 0) is 28.9 Å². The maximum atomic E-state index is 11.0. The fraction of sp³-hybridized carbons (Fsp3) is 0.0909. The molecule has 0 spiro atoms. The molecule has 2 aromatic rings. The molecule has 0 aliphatic carbocycles. The van der Waals surface area contributed by atoms with Gasteiger partial charge in [0.1, 0.15) is 11.3 Å². The molecule has 0 atom stereocenters. The molecule has 16 heavy (non-hydrogen) atoms.